The Morgan fingerprint density at radius 3 is 2.77 bits per heavy atom. The lowest BCUT2D eigenvalue weighted by molar-refractivity contribution is -0.0461. The van der Waals surface area contributed by atoms with Crippen molar-refractivity contribution in [2.75, 3.05) is 18.4 Å². The number of urea groups is 1. The van der Waals surface area contributed by atoms with Gasteiger partial charge in [-0.25, -0.2) is 18.6 Å². The van der Waals surface area contributed by atoms with Gasteiger partial charge in [0.05, 0.1) is 18.2 Å². The number of carbonyl (C=O) groups excluding carboxylic acids is 1. The van der Waals surface area contributed by atoms with Crippen molar-refractivity contribution in [2.24, 2.45) is 0 Å². The molecule has 0 saturated carbocycles. The molecule has 0 atom stereocenters. The third-order valence-corrected chi connectivity index (χ3v) is 3.71. The average Bonchev–Trinajstić information content (AvgIpc) is 3.01. The second-order valence-corrected chi connectivity index (χ2v) is 5.32. The van der Waals surface area contributed by atoms with Crippen LogP contribution in [0.25, 0.3) is 11.3 Å². The molecule has 3 rings (SSSR count). The summed E-state index contributed by atoms with van der Waals surface area (Å²) >= 11 is 0. The van der Waals surface area contributed by atoms with Gasteiger partial charge in [0.15, 0.2) is 0 Å². The molecule has 22 heavy (non-hydrogen) atoms. The number of H-pyrrole nitrogens is 1. The van der Waals surface area contributed by atoms with Gasteiger partial charge < -0.3 is 15.2 Å². The number of rotatable bonds is 2. The van der Waals surface area contributed by atoms with Crippen LogP contribution in [0.5, 0.6) is 0 Å². The number of halogens is 2. The molecule has 0 aliphatic carbocycles. The number of anilines is 1. The fraction of sp³-hybridized carbons (Fsp3) is 0.333. The Bertz CT molecular complexity index is 647. The molecule has 2 amide bonds. The lowest BCUT2D eigenvalue weighted by Gasteiger charge is -2.31. The van der Waals surface area contributed by atoms with E-state index in [0.29, 0.717) is 5.69 Å². The zero-order valence-electron chi connectivity index (χ0n) is 11.9. The van der Waals surface area contributed by atoms with Gasteiger partial charge in [-0.05, 0) is 12.1 Å². The van der Waals surface area contributed by atoms with Crippen molar-refractivity contribution >= 4 is 11.7 Å². The van der Waals surface area contributed by atoms with Crippen molar-refractivity contribution in [3.63, 3.8) is 0 Å². The predicted octanol–water partition coefficient (Wildman–Crippen LogP) is 3.34. The molecule has 1 aromatic heterocycles. The Hall–Kier alpha value is -2.44. The Kier molecular flexibility index (Phi) is 3.79. The Morgan fingerprint density at radius 2 is 2.09 bits per heavy atom. The number of likely N-dealkylation sites (tertiary alicyclic amines) is 1. The summed E-state index contributed by atoms with van der Waals surface area (Å²) in [5.41, 5.74) is 2.35. The molecule has 5 nitrogen and oxygen atoms in total. The Morgan fingerprint density at radius 1 is 1.32 bits per heavy atom. The van der Waals surface area contributed by atoms with Crippen molar-refractivity contribution in [1.29, 1.82) is 0 Å². The standard InChI is InChI=1S/C15H16F2N4O/c16-15(17)4-6-21(7-5-15)14(22)20-12-3-1-2-11(8-12)13-9-18-10-19-13/h1-3,8-10H,4-7H2,(H,18,19)(H,20,22). The van der Waals surface area contributed by atoms with Crippen LogP contribution in [0.3, 0.4) is 0 Å². The number of hydrogen-bond donors (Lipinski definition) is 2. The lowest BCUT2D eigenvalue weighted by Crippen LogP contribution is -2.44. The van der Waals surface area contributed by atoms with Crippen LogP contribution in [0.2, 0.25) is 0 Å². The van der Waals surface area contributed by atoms with Crippen LogP contribution >= 0.6 is 0 Å². The van der Waals surface area contributed by atoms with E-state index >= 15 is 0 Å². The van der Waals surface area contributed by atoms with Crippen LogP contribution in [-0.2, 0) is 0 Å². The molecule has 1 aliphatic rings. The van der Waals surface area contributed by atoms with Crippen LogP contribution in [0.15, 0.2) is 36.8 Å². The second-order valence-electron chi connectivity index (χ2n) is 5.32. The Labute approximate surface area is 126 Å². The largest absolute Gasteiger partial charge is 0.345 e. The topological polar surface area (TPSA) is 61.0 Å². The van der Waals surface area contributed by atoms with Crippen molar-refractivity contribution in [1.82, 2.24) is 14.9 Å². The summed E-state index contributed by atoms with van der Waals surface area (Å²) in [6, 6.07) is 6.93. The van der Waals surface area contributed by atoms with Crippen molar-refractivity contribution < 1.29 is 13.6 Å². The first kappa shape index (κ1) is 14.5. The van der Waals surface area contributed by atoms with Crippen LogP contribution in [0.1, 0.15) is 12.8 Å². The first-order valence-electron chi connectivity index (χ1n) is 7.06. The highest BCUT2D eigenvalue weighted by atomic mass is 19.3. The van der Waals surface area contributed by atoms with E-state index in [9.17, 15) is 13.6 Å². The minimum absolute atomic E-state index is 0.0685. The number of benzene rings is 1. The number of aromatic amines is 1. The monoisotopic (exact) mass is 306 g/mol. The van der Waals surface area contributed by atoms with Gasteiger partial charge in [0.1, 0.15) is 0 Å². The number of hydrogen-bond acceptors (Lipinski definition) is 2. The predicted molar refractivity (Wildman–Crippen MR) is 78.8 cm³/mol. The lowest BCUT2D eigenvalue weighted by atomic mass is 10.1. The van der Waals surface area contributed by atoms with E-state index in [1.165, 1.54) is 4.90 Å². The molecule has 1 fully saturated rings. The fourth-order valence-corrected chi connectivity index (χ4v) is 2.42. The SMILES string of the molecule is O=C(Nc1cccc(-c2cnc[nH]2)c1)N1CCC(F)(F)CC1. The summed E-state index contributed by atoms with van der Waals surface area (Å²) in [4.78, 5) is 20.5. The maximum absolute atomic E-state index is 13.1. The number of piperidine rings is 1. The van der Waals surface area contributed by atoms with Gasteiger partial charge in [0.2, 0.25) is 0 Å². The van der Waals surface area contributed by atoms with Gasteiger partial charge in [-0.1, -0.05) is 12.1 Å². The van der Waals surface area contributed by atoms with Crippen LogP contribution in [-0.4, -0.2) is 39.9 Å². The van der Waals surface area contributed by atoms with E-state index in [4.69, 9.17) is 0 Å². The first-order chi connectivity index (χ1) is 10.5. The summed E-state index contributed by atoms with van der Waals surface area (Å²) in [6.07, 6.45) is 2.70. The highest BCUT2D eigenvalue weighted by Gasteiger charge is 2.35. The average molecular weight is 306 g/mol. The molecule has 1 aliphatic heterocycles. The number of nitrogens with zero attached hydrogens (tertiary/aromatic N) is 2. The Balaban J connectivity index is 1.66. The van der Waals surface area contributed by atoms with E-state index < -0.39 is 5.92 Å². The number of alkyl halides is 2. The number of amides is 2. The minimum Gasteiger partial charge on any atom is -0.345 e. The van der Waals surface area contributed by atoms with Crippen molar-refractivity contribution in [2.45, 2.75) is 18.8 Å². The molecule has 2 N–H and O–H groups in total. The quantitative estimate of drug-likeness (QED) is 0.894. The molecule has 116 valence electrons. The molecule has 0 bridgehead atoms. The van der Waals surface area contributed by atoms with Crippen LogP contribution < -0.4 is 5.32 Å². The summed E-state index contributed by atoms with van der Waals surface area (Å²) < 4.78 is 26.2. The first-order valence-corrected chi connectivity index (χ1v) is 7.06. The molecular formula is C15H16F2N4O. The fourth-order valence-electron chi connectivity index (χ4n) is 2.42. The van der Waals surface area contributed by atoms with Gasteiger partial charge in [-0.3, -0.25) is 0 Å². The molecule has 7 heteroatoms. The van der Waals surface area contributed by atoms with Gasteiger partial charge in [0, 0.05) is 37.2 Å². The van der Waals surface area contributed by atoms with E-state index in [0.717, 1.165) is 11.3 Å². The van der Waals surface area contributed by atoms with Gasteiger partial charge >= 0.3 is 6.03 Å². The third-order valence-electron chi connectivity index (χ3n) is 3.71. The smallest absolute Gasteiger partial charge is 0.321 e. The van der Waals surface area contributed by atoms with Crippen LogP contribution in [0.4, 0.5) is 19.3 Å². The van der Waals surface area contributed by atoms with Crippen LogP contribution in [0, 0.1) is 0 Å². The zero-order valence-corrected chi connectivity index (χ0v) is 11.9. The molecule has 0 radical (unpaired) electrons. The highest BCUT2D eigenvalue weighted by molar-refractivity contribution is 5.90. The number of carbonyl (C=O) groups is 1. The minimum atomic E-state index is -2.66. The molecule has 0 unspecified atom stereocenters. The summed E-state index contributed by atoms with van der Waals surface area (Å²) in [5, 5.41) is 2.75. The number of nitrogens with one attached hydrogen (secondary N) is 2. The summed E-state index contributed by atoms with van der Waals surface area (Å²) in [7, 11) is 0. The van der Waals surface area contributed by atoms with Gasteiger partial charge in [-0.15, -0.1) is 0 Å². The summed E-state index contributed by atoms with van der Waals surface area (Å²) in [6.45, 7) is 0.137. The molecule has 2 aromatic rings. The van der Waals surface area contributed by atoms with Gasteiger partial charge in [0.25, 0.3) is 5.92 Å². The van der Waals surface area contributed by atoms with Crippen molar-refractivity contribution in [3.05, 3.63) is 36.8 Å². The molecular weight excluding hydrogens is 290 g/mol. The molecule has 2 heterocycles. The maximum Gasteiger partial charge on any atom is 0.321 e. The van der Waals surface area contributed by atoms with Gasteiger partial charge in [-0.2, -0.15) is 0 Å². The van der Waals surface area contributed by atoms with E-state index in [1.54, 1.807) is 18.6 Å². The maximum atomic E-state index is 13.1. The third kappa shape index (κ3) is 3.24. The zero-order chi connectivity index (χ0) is 15.6. The second kappa shape index (κ2) is 5.75. The van der Waals surface area contributed by atoms with E-state index in [-0.39, 0.29) is 32.0 Å². The van der Waals surface area contributed by atoms with Crippen molar-refractivity contribution in [3.8, 4) is 11.3 Å². The number of aromatic nitrogens is 2. The molecule has 1 saturated heterocycles. The van der Waals surface area contributed by atoms with E-state index in [1.807, 2.05) is 18.2 Å². The summed E-state index contributed by atoms with van der Waals surface area (Å²) in [5.74, 6) is -2.66. The normalized spacial score (nSPS) is 17.3. The molecule has 0 spiro atoms. The highest BCUT2D eigenvalue weighted by Crippen LogP contribution is 2.28. The van der Waals surface area contributed by atoms with E-state index in [2.05, 4.69) is 15.3 Å². The number of imidazole rings is 1. The molecule has 1 aromatic carbocycles.